The Morgan fingerprint density at radius 3 is 2.39 bits per heavy atom. The highest BCUT2D eigenvalue weighted by Crippen LogP contribution is 2.40. The third-order valence-corrected chi connectivity index (χ3v) is 6.74. The van der Waals surface area contributed by atoms with Gasteiger partial charge < -0.3 is 18.9 Å². The van der Waals surface area contributed by atoms with Gasteiger partial charge in [-0.25, -0.2) is 9.59 Å². The first-order valence-electron chi connectivity index (χ1n) is 10.4. The van der Waals surface area contributed by atoms with Crippen LogP contribution in [-0.4, -0.2) is 24.8 Å². The Hall–Kier alpha value is -2.22. The number of ether oxygens (including phenoxy) is 4. The second-order valence-electron chi connectivity index (χ2n) is 7.87. The minimum atomic E-state index is -1.12. The second kappa shape index (κ2) is 9.95. The predicted molar refractivity (Wildman–Crippen MR) is 127 cm³/mol. The van der Waals surface area contributed by atoms with Gasteiger partial charge in [0, 0.05) is 28.5 Å². The first-order chi connectivity index (χ1) is 15.8. The van der Waals surface area contributed by atoms with E-state index in [0.717, 1.165) is 24.8 Å². The Bertz CT molecular complexity index is 1100. The van der Waals surface area contributed by atoms with E-state index < -0.39 is 17.7 Å². The molecular formula is C24H21BrCl2O6. The third-order valence-electron chi connectivity index (χ3n) is 5.56. The molecule has 4 rings (SSSR count). The maximum atomic E-state index is 12.6. The molecule has 6 nitrogen and oxygen atoms in total. The number of halogens is 3. The van der Waals surface area contributed by atoms with Gasteiger partial charge in [0.25, 0.3) is 5.79 Å². The number of methoxy groups -OCH3 is 1. The zero-order chi connectivity index (χ0) is 23.6. The maximum Gasteiger partial charge on any atom is 0.348 e. The number of hydrogen-bond acceptors (Lipinski definition) is 6. The standard InChI is InChI=1S/C24H21BrCl2O6/c1-30-20-11-14(9-17-22(28)32-24(33-23(17)29)7-3-2-4-8-24)10-18(25)21(20)31-13-15-5-6-16(26)12-19(15)27/h5-6,9-12H,2-4,7-8,13H2,1H3. The van der Waals surface area contributed by atoms with Crippen LogP contribution in [0.2, 0.25) is 10.0 Å². The van der Waals surface area contributed by atoms with Gasteiger partial charge in [0.1, 0.15) is 12.2 Å². The van der Waals surface area contributed by atoms with Gasteiger partial charge in [0.2, 0.25) is 0 Å². The molecule has 2 aliphatic rings. The van der Waals surface area contributed by atoms with Crippen molar-refractivity contribution in [1.29, 1.82) is 0 Å². The Morgan fingerprint density at radius 2 is 1.76 bits per heavy atom. The van der Waals surface area contributed by atoms with Gasteiger partial charge in [0.05, 0.1) is 11.6 Å². The molecule has 1 aliphatic carbocycles. The summed E-state index contributed by atoms with van der Waals surface area (Å²) in [7, 11) is 1.50. The number of rotatable bonds is 5. The summed E-state index contributed by atoms with van der Waals surface area (Å²) in [4.78, 5) is 25.2. The molecule has 1 heterocycles. The van der Waals surface area contributed by atoms with Crippen LogP contribution < -0.4 is 9.47 Å². The monoisotopic (exact) mass is 554 g/mol. The van der Waals surface area contributed by atoms with Crippen LogP contribution in [0.5, 0.6) is 11.5 Å². The van der Waals surface area contributed by atoms with Crippen LogP contribution in [-0.2, 0) is 25.7 Å². The van der Waals surface area contributed by atoms with Gasteiger partial charge in [-0.2, -0.15) is 0 Å². The predicted octanol–water partition coefficient (Wildman–Crippen LogP) is 6.49. The molecule has 33 heavy (non-hydrogen) atoms. The first kappa shape index (κ1) is 23.9. The highest BCUT2D eigenvalue weighted by atomic mass is 79.9. The lowest BCUT2D eigenvalue weighted by atomic mass is 9.93. The second-order valence-corrected chi connectivity index (χ2v) is 9.56. The van der Waals surface area contributed by atoms with E-state index in [0.29, 0.717) is 44.4 Å². The number of carbonyl (C=O) groups excluding carboxylic acids is 2. The Balaban J connectivity index is 1.55. The lowest BCUT2D eigenvalue weighted by Gasteiger charge is -2.38. The number of carbonyl (C=O) groups is 2. The van der Waals surface area contributed by atoms with E-state index in [9.17, 15) is 9.59 Å². The average molecular weight is 556 g/mol. The van der Waals surface area contributed by atoms with Crippen molar-refractivity contribution in [2.45, 2.75) is 44.5 Å². The molecule has 1 aliphatic heterocycles. The van der Waals surface area contributed by atoms with Crippen LogP contribution in [0.15, 0.2) is 40.4 Å². The van der Waals surface area contributed by atoms with E-state index in [1.54, 1.807) is 30.3 Å². The van der Waals surface area contributed by atoms with Crippen molar-refractivity contribution < 1.29 is 28.5 Å². The third kappa shape index (κ3) is 5.31. The number of benzene rings is 2. The van der Waals surface area contributed by atoms with Crippen molar-refractivity contribution in [3.05, 3.63) is 61.5 Å². The van der Waals surface area contributed by atoms with Crippen LogP contribution >= 0.6 is 39.1 Å². The van der Waals surface area contributed by atoms with Gasteiger partial charge >= 0.3 is 11.9 Å². The lowest BCUT2D eigenvalue weighted by Crippen LogP contribution is -2.47. The highest BCUT2D eigenvalue weighted by molar-refractivity contribution is 9.10. The summed E-state index contributed by atoms with van der Waals surface area (Å²) in [5, 5.41) is 1.03. The van der Waals surface area contributed by atoms with Crippen LogP contribution in [0.3, 0.4) is 0 Å². The molecule has 0 radical (unpaired) electrons. The molecule has 0 atom stereocenters. The van der Waals surface area contributed by atoms with Gasteiger partial charge in [-0.15, -0.1) is 0 Å². The Labute approximate surface area is 209 Å². The topological polar surface area (TPSA) is 71.1 Å². The summed E-state index contributed by atoms with van der Waals surface area (Å²) in [6, 6.07) is 8.52. The fourth-order valence-electron chi connectivity index (χ4n) is 3.88. The summed E-state index contributed by atoms with van der Waals surface area (Å²) >= 11 is 15.6. The molecule has 0 amide bonds. The van der Waals surface area contributed by atoms with E-state index in [1.807, 2.05) is 0 Å². The molecule has 174 valence electrons. The summed E-state index contributed by atoms with van der Waals surface area (Å²) in [6.45, 7) is 0.187. The fourth-order valence-corrected chi connectivity index (χ4v) is 4.92. The zero-order valence-corrected chi connectivity index (χ0v) is 20.9. The van der Waals surface area contributed by atoms with Crippen molar-refractivity contribution in [1.82, 2.24) is 0 Å². The Morgan fingerprint density at radius 1 is 1.06 bits per heavy atom. The van der Waals surface area contributed by atoms with Gasteiger partial charge in [-0.1, -0.05) is 35.7 Å². The van der Waals surface area contributed by atoms with Crippen molar-refractivity contribution in [3.8, 4) is 11.5 Å². The van der Waals surface area contributed by atoms with Crippen LogP contribution in [0.1, 0.15) is 43.2 Å². The van der Waals surface area contributed by atoms with Crippen molar-refractivity contribution in [2.24, 2.45) is 0 Å². The van der Waals surface area contributed by atoms with Crippen LogP contribution in [0, 0.1) is 0 Å². The SMILES string of the molecule is COc1cc(C=C2C(=O)OC3(CCCCC3)OC2=O)cc(Br)c1OCc1ccc(Cl)cc1Cl. The van der Waals surface area contributed by atoms with Gasteiger partial charge in [-0.05, 0) is 64.7 Å². The molecule has 0 N–H and O–H groups in total. The molecule has 1 saturated carbocycles. The van der Waals surface area contributed by atoms with Crippen molar-refractivity contribution in [2.75, 3.05) is 7.11 Å². The Kier molecular flexibility index (Phi) is 7.22. The van der Waals surface area contributed by atoms with Gasteiger partial charge in [0.15, 0.2) is 11.5 Å². The highest BCUT2D eigenvalue weighted by Gasteiger charge is 2.46. The minimum Gasteiger partial charge on any atom is -0.493 e. The summed E-state index contributed by atoms with van der Waals surface area (Å²) in [5.74, 6) is -1.63. The van der Waals surface area contributed by atoms with E-state index in [-0.39, 0.29) is 12.2 Å². The van der Waals surface area contributed by atoms with E-state index in [1.165, 1.54) is 13.2 Å². The molecule has 0 bridgehead atoms. The molecule has 9 heteroatoms. The molecular weight excluding hydrogens is 535 g/mol. The molecule has 2 fully saturated rings. The number of esters is 2. The molecule has 0 unspecified atom stereocenters. The van der Waals surface area contributed by atoms with Crippen LogP contribution in [0.4, 0.5) is 0 Å². The molecule has 2 aromatic carbocycles. The van der Waals surface area contributed by atoms with Crippen LogP contribution in [0.25, 0.3) is 6.08 Å². The summed E-state index contributed by atoms with van der Waals surface area (Å²) in [5.41, 5.74) is 1.13. The largest absolute Gasteiger partial charge is 0.493 e. The summed E-state index contributed by atoms with van der Waals surface area (Å²) in [6.07, 6.45) is 5.22. The maximum absolute atomic E-state index is 12.6. The molecule has 0 aromatic heterocycles. The zero-order valence-electron chi connectivity index (χ0n) is 17.8. The van der Waals surface area contributed by atoms with Gasteiger partial charge in [-0.3, -0.25) is 0 Å². The molecule has 1 saturated heterocycles. The minimum absolute atomic E-state index is 0.165. The lowest BCUT2D eigenvalue weighted by molar-refractivity contribution is -0.244. The van der Waals surface area contributed by atoms with Crippen molar-refractivity contribution >= 4 is 57.1 Å². The van der Waals surface area contributed by atoms with E-state index in [2.05, 4.69) is 15.9 Å². The number of hydrogen-bond donors (Lipinski definition) is 0. The molecule has 2 aromatic rings. The summed E-state index contributed by atoms with van der Waals surface area (Å²) < 4.78 is 23.1. The quantitative estimate of drug-likeness (QED) is 0.238. The average Bonchev–Trinajstić information content (AvgIpc) is 2.77. The molecule has 1 spiro atoms. The fraction of sp³-hybridized carbons (Fsp3) is 0.333. The normalized spacial score (nSPS) is 17.4. The van der Waals surface area contributed by atoms with E-state index in [4.69, 9.17) is 42.1 Å². The first-order valence-corrected chi connectivity index (χ1v) is 12.0. The van der Waals surface area contributed by atoms with E-state index >= 15 is 0 Å². The van der Waals surface area contributed by atoms with Crippen molar-refractivity contribution in [3.63, 3.8) is 0 Å². The smallest absolute Gasteiger partial charge is 0.348 e.